The van der Waals surface area contributed by atoms with Crippen LogP contribution in [0.5, 0.6) is 0 Å². The van der Waals surface area contributed by atoms with Crippen molar-refractivity contribution >= 4 is 47.1 Å². The maximum atomic E-state index is 13.1. The number of esters is 1. The van der Waals surface area contributed by atoms with Gasteiger partial charge in [0.1, 0.15) is 40.7 Å². The molecule has 1 fully saturated rings. The molecule has 10 nitrogen and oxygen atoms in total. The van der Waals surface area contributed by atoms with Crippen LogP contribution in [-0.2, 0) is 19.1 Å². The van der Waals surface area contributed by atoms with Gasteiger partial charge in [0.2, 0.25) is 0 Å². The van der Waals surface area contributed by atoms with Crippen LogP contribution in [0.2, 0.25) is 5.02 Å². The van der Waals surface area contributed by atoms with Gasteiger partial charge in [-0.05, 0) is 13.0 Å². The number of nitrogens with zero attached hydrogens (tertiary/aromatic N) is 2. The first-order valence-corrected chi connectivity index (χ1v) is 11.2. The summed E-state index contributed by atoms with van der Waals surface area (Å²) in [4.78, 5) is 49.9. The molecule has 12 heteroatoms. The number of amides is 2. The fraction of sp³-hybridized carbons (Fsp3) is 0.286. The van der Waals surface area contributed by atoms with Crippen molar-refractivity contribution in [3.05, 3.63) is 51.9 Å². The maximum Gasteiger partial charge on any atom is 0.352 e. The van der Waals surface area contributed by atoms with Crippen molar-refractivity contribution in [2.45, 2.75) is 25.3 Å². The first kappa shape index (κ1) is 22.9. The zero-order chi connectivity index (χ0) is 23.9. The van der Waals surface area contributed by atoms with Gasteiger partial charge in [0, 0.05) is 23.8 Å². The van der Waals surface area contributed by atoms with Crippen LogP contribution in [0.4, 0.5) is 0 Å². The second-order valence-electron chi connectivity index (χ2n) is 7.34. The molecule has 0 aliphatic carbocycles. The average Bonchev–Trinajstić information content (AvgIpc) is 3.16. The number of ether oxygens (including phenoxy) is 1. The van der Waals surface area contributed by atoms with Crippen molar-refractivity contribution in [3.63, 3.8) is 0 Å². The monoisotopic (exact) mass is 491 g/mol. The molecule has 3 heterocycles. The van der Waals surface area contributed by atoms with E-state index >= 15 is 0 Å². The summed E-state index contributed by atoms with van der Waals surface area (Å²) in [6.07, 6.45) is 0. The van der Waals surface area contributed by atoms with Gasteiger partial charge in [-0.2, -0.15) is 0 Å². The van der Waals surface area contributed by atoms with E-state index in [9.17, 15) is 24.3 Å². The number of carbonyl (C=O) groups is 4. The quantitative estimate of drug-likeness (QED) is 0.459. The lowest BCUT2D eigenvalue weighted by molar-refractivity contribution is -0.149. The number of hydrogen-bond acceptors (Lipinski definition) is 8. The lowest BCUT2D eigenvalue weighted by atomic mass is 10.0. The van der Waals surface area contributed by atoms with Crippen molar-refractivity contribution < 1.29 is 33.5 Å². The molecule has 0 saturated carbocycles. The van der Waals surface area contributed by atoms with E-state index in [1.54, 1.807) is 31.2 Å². The fourth-order valence-corrected chi connectivity index (χ4v) is 5.23. The summed E-state index contributed by atoms with van der Waals surface area (Å²) < 4.78 is 10.1. The predicted octanol–water partition coefficient (Wildman–Crippen LogP) is 2.22. The third-order valence-corrected chi connectivity index (χ3v) is 6.87. The Kier molecular flexibility index (Phi) is 6.17. The first-order chi connectivity index (χ1) is 15.7. The second kappa shape index (κ2) is 8.91. The van der Waals surface area contributed by atoms with Gasteiger partial charge in [0.05, 0.1) is 5.02 Å². The molecule has 2 amide bonds. The number of thioether (sulfide) groups is 1. The number of nitrogens with one attached hydrogen (secondary N) is 1. The molecule has 33 heavy (non-hydrogen) atoms. The van der Waals surface area contributed by atoms with E-state index in [2.05, 4.69) is 10.5 Å². The van der Waals surface area contributed by atoms with Gasteiger partial charge in [-0.1, -0.05) is 35.0 Å². The van der Waals surface area contributed by atoms with Crippen molar-refractivity contribution in [3.8, 4) is 11.3 Å². The molecule has 0 bridgehead atoms. The van der Waals surface area contributed by atoms with Crippen LogP contribution >= 0.6 is 23.4 Å². The number of rotatable bonds is 6. The van der Waals surface area contributed by atoms with Gasteiger partial charge in [0.25, 0.3) is 11.8 Å². The van der Waals surface area contributed by atoms with Crippen molar-refractivity contribution in [2.24, 2.45) is 0 Å². The van der Waals surface area contributed by atoms with Crippen LogP contribution < -0.4 is 5.32 Å². The predicted molar refractivity (Wildman–Crippen MR) is 117 cm³/mol. The van der Waals surface area contributed by atoms with Crippen molar-refractivity contribution in [2.75, 3.05) is 12.4 Å². The summed E-state index contributed by atoms with van der Waals surface area (Å²) in [6.45, 7) is 2.56. The molecule has 1 aromatic heterocycles. The summed E-state index contributed by atoms with van der Waals surface area (Å²) in [5.41, 5.74) is 0.965. The number of β-lactam (4-membered cyclic amide) rings is 1. The van der Waals surface area contributed by atoms with Crippen LogP contribution in [0.25, 0.3) is 11.3 Å². The zero-order valence-corrected chi connectivity index (χ0v) is 19.0. The van der Waals surface area contributed by atoms with E-state index < -0.39 is 35.2 Å². The van der Waals surface area contributed by atoms with Crippen LogP contribution in [0, 0.1) is 6.92 Å². The summed E-state index contributed by atoms with van der Waals surface area (Å²) in [6, 6.07) is 5.89. The van der Waals surface area contributed by atoms with Gasteiger partial charge in [-0.15, -0.1) is 11.8 Å². The Labute approximate surface area is 196 Å². The summed E-state index contributed by atoms with van der Waals surface area (Å²) in [7, 11) is 0. The lowest BCUT2D eigenvalue weighted by Crippen LogP contribution is -2.70. The van der Waals surface area contributed by atoms with Gasteiger partial charge < -0.3 is 19.7 Å². The summed E-state index contributed by atoms with van der Waals surface area (Å²) in [5.74, 6) is -2.56. The van der Waals surface area contributed by atoms with Crippen molar-refractivity contribution in [1.82, 2.24) is 15.4 Å². The topological polar surface area (TPSA) is 139 Å². The number of carboxylic acid groups (broad SMARTS) is 1. The molecule has 2 N–H and O–H groups in total. The van der Waals surface area contributed by atoms with E-state index in [-0.39, 0.29) is 35.1 Å². The Bertz CT molecular complexity index is 1210. The van der Waals surface area contributed by atoms with Crippen molar-refractivity contribution in [1.29, 1.82) is 0 Å². The van der Waals surface area contributed by atoms with Crippen LogP contribution in [0.15, 0.2) is 40.1 Å². The molecule has 4 rings (SSSR count). The smallest absolute Gasteiger partial charge is 0.352 e. The van der Waals surface area contributed by atoms with E-state index in [1.165, 1.54) is 18.7 Å². The molecule has 0 unspecified atom stereocenters. The number of halogens is 1. The third-order valence-electron chi connectivity index (χ3n) is 5.20. The van der Waals surface area contributed by atoms with E-state index in [0.29, 0.717) is 16.2 Å². The lowest BCUT2D eigenvalue weighted by Gasteiger charge is -2.49. The SMILES string of the molecule is CC(=O)OCC1=C(C(=O)O)N2C(=O)[C@H](NC(=O)c3c(-c4ccccc4Cl)noc3C)[C@H]2SC1. The average molecular weight is 492 g/mol. The number of aromatic nitrogens is 1. The molecular formula is C21H18ClN3O7S. The molecule has 2 aromatic rings. The third kappa shape index (κ3) is 4.09. The molecule has 1 saturated heterocycles. The highest BCUT2D eigenvalue weighted by atomic mass is 35.5. The summed E-state index contributed by atoms with van der Waals surface area (Å²) >= 11 is 7.51. The minimum Gasteiger partial charge on any atom is -0.477 e. The molecule has 172 valence electrons. The highest BCUT2D eigenvalue weighted by Crippen LogP contribution is 2.41. The highest BCUT2D eigenvalue weighted by molar-refractivity contribution is 8.00. The number of aliphatic carboxylic acids is 1. The number of benzene rings is 1. The molecule has 0 radical (unpaired) electrons. The molecule has 2 aliphatic rings. The number of carbonyl (C=O) groups excluding carboxylic acids is 3. The molecule has 2 aliphatic heterocycles. The van der Waals surface area contributed by atoms with E-state index in [1.807, 2.05) is 0 Å². The Morgan fingerprint density at radius 2 is 2.09 bits per heavy atom. The molecule has 0 spiro atoms. The van der Waals surface area contributed by atoms with Gasteiger partial charge in [-0.3, -0.25) is 19.3 Å². The fourth-order valence-electron chi connectivity index (χ4n) is 3.67. The van der Waals surface area contributed by atoms with Crippen LogP contribution in [-0.4, -0.2) is 62.7 Å². The van der Waals surface area contributed by atoms with Crippen LogP contribution in [0.3, 0.4) is 0 Å². The highest BCUT2D eigenvalue weighted by Gasteiger charge is 2.54. The Hall–Kier alpha value is -3.31. The number of carboxylic acids is 1. The molecule has 1 aromatic carbocycles. The molecule has 2 atom stereocenters. The largest absolute Gasteiger partial charge is 0.477 e. The van der Waals surface area contributed by atoms with Gasteiger partial charge in [-0.25, -0.2) is 4.79 Å². The Balaban J connectivity index is 1.56. The molecular weight excluding hydrogens is 474 g/mol. The van der Waals surface area contributed by atoms with E-state index in [0.717, 1.165) is 4.90 Å². The Morgan fingerprint density at radius 3 is 2.76 bits per heavy atom. The zero-order valence-electron chi connectivity index (χ0n) is 17.5. The second-order valence-corrected chi connectivity index (χ2v) is 8.85. The van der Waals surface area contributed by atoms with E-state index in [4.69, 9.17) is 20.9 Å². The number of fused-ring (bicyclic) bond motifs is 1. The Morgan fingerprint density at radius 1 is 1.36 bits per heavy atom. The van der Waals surface area contributed by atoms with Gasteiger partial charge in [0.15, 0.2) is 0 Å². The first-order valence-electron chi connectivity index (χ1n) is 9.76. The van der Waals surface area contributed by atoms with Crippen LogP contribution in [0.1, 0.15) is 23.0 Å². The number of aryl methyl sites for hydroxylation is 1. The minimum absolute atomic E-state index is 0.139. The number of hydrogen-bond donors (Lipinski definition) is 2. The standard InChI is InChI=1S/C21H18ClN3O7S/c1-9-14(15(24-32-9)12-5-3-4-6-13(12)22)18(27)23-16-19(28)25-17(21(29)30)11(7-31-10(2)26)8-33-20(16)25/h3-6,16,20H,7-8H2,1-2H3,(H,23,27)(H,29,30)/t16-,20+/m0/s1. The maximum absolute atomic E-state index is 13.1. The van der Waals surface area contributed by atoms with Gasteiger partial charge >= 0.3 is 11.9 Å². The summed E-state index contributed by atoms with van der Waals surface area (Å²) in [5, 5.41) is 16.0. The minimum atomic E-state index is -1.31. The normalized spacial score (nSPS) is 19.6.